The van der Waals surface area contributed by atoms with Gasteiger partial charge in [0.15, 0.2) is 0 Å². The Bertz CT molecular complexity index is 903. The molecule has 0 bridgehead atoms. The lowest BCUT2D eigenvalue weighted by molar-refractivity contribution is -0.124. The summed E-state index contributed by atoms with van der Waals surface area (Å²) in [5.41, 5.74) is 2.75. The second-order valence-corrected chi connectivity index (χ2v) is 9.06. The van der Waals surface area contributed by atoms with Gasteiger partial charge in [0, 0.05) is 11.3 Å². The molecule has 0 saturated carbocycles. The maximum absolute atomic E-state index is 12.6. The number of nitrogens with zero attached hydrogens (tertiary/aromatic N) is 2. The molecule has 6 heteroatoms. The molecule has 0 unspecified atom stereocenters. The van der Waals surface area contributed by atoms with Crippen molar-refractivity contribution in [3.8, 4) is 6.07 Å². The lowest BCUT2D eigenvalue weighted by Gasteiger charge is -2.22. The van der Waals surface area contributed by atoms with Crippen LogP contribution in [0.25, 0.3) is 0 Å². The highest BCUT2D eigenvalue weighted by atomic mass is 32.1. The van der Waals surface area contributed by atoms with E-state index < -0.39 is 6.04 Å². The molecule has 1 aliphatic rings. The molecule has 28 heavy (non-hydrogen) atoms. The average Bonchev–Trinajstić information content (AvgIpc) is 3.06. The Hall–Kier alpha value is -2.65. The number of thiophene rings is 1. The fraction of sp³-hybridized carbons (Fsp3) is 0.409. The number of hydrogen-bond acceptors (Lipinski definition) is 4. The SMILES string of the molecule is CC(C)(C)c1ccc([C@H](C#N)NC(=O)CN2C(=O)CCCc3sccc32)cc1. The van der Waals surface area contributed by atoms with E-state index in [2.05, 4.69) is 32.2 Å². The third kappa shape index (κ3) is 4.42. The molecule has 1 atom stereocenters. The van der Waals surface area contributed by atoms with Crippen LogP contribution in [-0.2, 0) is 21.4 Å². The number of nitrogens with one attached hydrogen (secondary N) is 1. The molecule has 0 spiro atoms. The maximum Gasteiger partial charge on any atom is 0.241 e. The third-order valence-corrected chi connectivity index (χ3v) is 5.92. The standard InChI is InChI=1S/C22H25N3O2S/c1-22(2,3)16-9-7-15(8-10-16)17(13-23)24-20(26)14-25-18-11-12-28-19(18)5-4-6-21(25)27/h7-12,17H,4-6,14H2,1-3H3,(H,24,26)/t17-/m0/s1. The van der Waals surface area contributed by atoms with Gasteiger partial charge in [0.25, 0.3) is 0 Å². The number of aryl methyl sites for hydroxylation is 1. The first-order chi connectivity index (χ1) is 13.3. The highest BCUT2D eigenvalue weighted by Crippen LogP contribution is 2.31. The van der Waals surface area contributed by atoms with Gasteiger partial charge in [-0.1, -0.05) is 45.0 Å². The predicted molar refractivity (Wildman–Crippen MR) is 111 cm³/mol. The minimum atomic E-state index is -0.745. The number of nitriles is 1. The lowest BCUT2D eigenvalue weighted by Crippen LogP contribution is -2.41. The zero-order valence-corrected chi connectivity index (χ0v) is 17.3. The number of hydrogen-bond donors (Lipinski definition) is 1. The van der Waals surface area contributed by atoms with E-state index in [4.69, 9.17) is 0 Å². The number of fused-ring (bicyclic) bond motifs is 1. The van der Waals surface area contributed by atoms with E-state index in [0.29, 0.717) is 6.42 Å². The molecule has 0 radical (unpaired) electrons. The van der Waals surface area contributed by atoms with Gasteiger partial charge in [0.2, 0.25) is 11.8 Å². The molecular weight excluding hydrogens is 370 g/mol. The molecule has 1 aromatic carbocycles. The summed E-state index contributed by atoms with van der Waals surface area (Å²) < 4.78 is 0. The Balaban J connectivity index is 1.71. The Morgan fingerprint density at radius 2 is 1.96 bits per heavy atom. The van der Waals surface area contributed by atoms with E-state index in [9.17, 15) is 14.9 Å². The van der Waals surface area contributed by atoms with Gasteiger partial charge in [-0.05, 0) is 40.8 Å². The van der Waals surface area contributed by atoms with Crippen molar-refractivity contribution in [3.63, 3.8) is 0 Å². The van der Waals surface area contributed by atoms with Crippen LogP contribution in [-0.4, -0.2) is 18.4 Å². The van der Waals surface area contributed by atoms with Gasteiger partial charge >= 0.3 is 0 Å². The van der Waals surface area contributed by atoms with Gasteiger partial charge in [-0.2, -0.15) is 5.26 Å². The quantitative estimate of drug-likeness (QED) is 0.847. The predicted octanol–water partition coefficient (Wildman–Crippen LogP) is 4.10. The zero-order chi connectivity index (χ0) is 20.3. The zero-order valence-electron chi connectivity index (χ0n) is 16.5. The topological polar surface area (TPSA) is 73.2 Å². The van der Waals surface area contributed by atoms with Crippen LogP contribution in [0.5, 0.6) is 0 Å². The van der Waals surface area contributed by atoms with Crippen molar-refractivity contribution in [2.75, 3.05) is 11.4 Å². The number of amides is 2. The Morgan fingerprint density at radius 1 is 1.25 bits per heavy atom. The smallest absolute Gasteiger partial charge is 0.241 e. The molecule has 0 fully saturated rings. The minimum Gasteiger partial charge on any atom is -0.335 e. The molecule has 1 aromatic heterocycles. The first-order valence-corrected chi connectivity index (χ1v) is 10.3. The maximum atomic E-state index is 12.6. The van der Waals surface area contributed by atoms with Gasteiger partial charge in [-0.15, -0.1) is 11.3 Å². The van der Waals surface area contributed by atoms with Crippen molar-refractivity contribution in [1.82, 2.24) is 5.32 Å². The summed E-state index contributed by atoms with van der Waals surface area (Å²) in [6.45, 7) is 6.31. The average molecular weight is 396 g/mol. The van der Waals surface area contributed by atoms with E-state index in [1.165, 1.54) is 5.56 Å². The summed E-state index contributed by atoms with van der Waals surface area (Å²) in [4.78, 5) is 27.7. The van der Waals surface area contributed by atoms with Crippen molar-refractivity contribution in [3.05, 3.63) is 51.7 Å². The van der Waals surface area contributed by atoms with Crippen molar-refractivity contribution >= 4 is 28.8 Å². The van der Waals surface area contributed by atoms with Gasteiger partial charge < -0.3 is 10.2 Å². The monoisotopic (exact) mass is 395 g/mol. The molecule has 0 saturated heterocycles. The van der Waals surface area contributed by atoms with Crippen LogP contribution in [0.15, 0.2) is 35.7 Å². The fourth-order valence-corrected chi connectivity index (χ4v) is 4.24. The molecule has 0 aliphatic carbocycles. The summed E-state index contributed by atoms with van der Waals surface area (Å²) in [5.74, 6) is -0.380. The first kappa shape index (κ1) is 20.1. The van der Waals surface area contributed by atoms with Crippen LogP contribution in [0, 0.1) is 11.3 Å². The van der Waals surface area contributed by atoms with Crippen molar-refractivity contribution < 1.29 is 9.59 Å². The normalized spacial score (nSPS) is 15.4. The highest BCUT2D eigenvalue weighted by molar-refractivity contribution is 7.10. The van der Waals surface area contributed by atoms with E-state index >= 15 is 0 Å². The van der Waals surface area contributed by atoms with Crippen LogP contribution >= 0.6 is 11.3 Å². The van der Waals surface area contributed by atoms with Crippen LogP contribution in [0.1, 0.15) is 55.7 Å². The van der Waals surface area contributed by atoms with Gasteiger partial charge in [0.05, 0.1) is 11.8 Å². The van der Waals surface area contributed by atoms with Crippen LogP contribution < -0.4 is 10.2 Å². The number of rotatable bonds is 4. The van der Waals surface area contributed by atoms with E-state index in [1.54, 1.807) is 16.2 Å². The van der Waals surface area contributed by atoms with E-state index in [1.807, 2.05) is 35.7 Å². The molecule has 2 heterocycles. The summed E-state index contributed by atoms with van der Waals surface area (Å²) in [6, 6.07) is 11.0. The molecule has 5 nitrogen and oxygen atoms in total. The Kier molecular flexibility index (Phi) is 5.85. The summed E-state index contributed by atoms with van der Waals surface area (Å²) in [5, 5.41) is 14.3. The summed E-state index contributed by atoms with van der Waals surface area (Å²) in [7, 11) is 0. The van der Waals surface area contributed by atoms with Crippen molar-refractivity contribution in [2.24, 2.45) is 0 Å². The molecule has 2 aromatic rings. The molecule has 1 aliphatic heterocycles. The lowest BCUT2D eigenvalue weighted by atomic mass is 9.86. The number of carbonyl (C=O) groups is 2. The van der Waals surface area contributed by atoms with Gasteiger partial charge in [0.1, 0.15) is 12.6 Å². The van der Waals surface area contributed by atoms with E-state index in [0.717, 1.165) is 29.0 Å². The molecule has 3 rings (SSSR count). The second kappa shape index (κ2) is 8.15. The highest BCUT2D eigenvalue weighted by Gasteiger charge is 2.26. The fourth-order valence-electron chi connectivity index (χ4n) is 3.32. The molecule has 1 N–H and O–H groups in total. The Morgan fingerprint density at radius 3 is 2.61 bits per heavy atom. The molecule has 2 amide bonds. The van der Waals surface area contributed by atoms with Crippen LogP contribution in [0.4, 0.5) is 5.69 Å². The third-order valence-electron chi connectivity index (χ3n) is 4.95. The minimum absolute atomic E-state index is 0.0231. The second-order valence-electron chi connectivity index (χ2n) is 8.06. The Labute approximate surface area is 170 Å². The summed E-state index contributed by atoms with van der Waals surface area (Å²) in [6.07, 6.45) is 2.09. The van der Waals surface area contributed by atoms with Crippen molar-refractivity contribution in [1.29, 1.82) is 5.26 Å². The number of benzene rings is 1. The van der Waals surface area contributed by atoms with Gasteiger partial charge in [-0.3, -0.25) is 9.59 Å². The number of carbonyl (C=O) groups excluding carboxylic acids is 2. The van der Waals surface area contributed by atoms with Crippen molar-refractivity contribution in [2.45, 2.75) is 51.5 Å². The van der Waals surface area contributed by atoms with E-state index in [-0.39, 0.29) is 23.8 Å². The summed E-state index contributed by atoms with van der Waals surface area (Å²) >= 11 is 1.61. The molecule has 146 valence electrons. The number of anilines is 1. The van der Waals surface area contributed by atoms with Gasteiger partial charge in [-0.25, -0.2) is 0 Å². The molecular formula is C22H25N3O2S. The largest absolute Gasteiger partial charge is 0.335 e. The van der Waals surface area contributed by atoms with Crippen LogP contribution in [0.3, 0.4) is 0 Å². The van der Waals surface area contributed by atoms with Crippen LogP contribution in [0.2, 0.25) is 0 Å². The first-order valence-electron chi connectivity index (χ1n) is 9.46.